The normalized spacial score (nSPS) is 30.5. The van der Waals surface area contributed by atoms with Crippen LogP contribution in [0, 0.1) is 5.92 Å². The van der Waals surface area contributed by atoms with Crippen LogP contribution < -0.4 is 19.1 Å². The fourth-order valence-corrected chi connectivity index (χ4v) is 6.79. The Hall–Kier alpha value is -2.73. The number of ether oxygens (including phenoxy) is 3. The molecule has 0 aromatic heterocycles. The molecule has 6 nitrogen and oxygen atoms in total. The number of benzene rings is 2. The minimum absolute atomic E-state index is 0.0208. The van der Waals surface area contributed by atoms with Gasteiger partial charge in [0.05, 0.1) is 13.7 Å². The molecule has 6 heteroatoms. The number of hydrogen-bond donors (Lipinski definition) is 0. The monoisotopic (exact) mass is 476 g/mol. The molecule has 2 unspecified atom stereocenters. The van der Waals surface area contributed by atoms with Gasteiger partial charge in [0, 0.05) is 41.9 Å². The van der Waals surface area contributed by atoms with Crippen LogP contribution in [0.1, 0.15) is 61.4 Å². The van der Waals surface area contributed by atoms with Crippen LogP contribution in [0.2, 0.25) is 0 Å². The zero-order valence-electron chi connectivity index (χ0n) is 21.1. The fourth-order valence-electron chi connectivity index (χ4n) is 6.79. The number of carbonyl (C=O) groups excluding carboxylic acids is 1. The van der Waals surface area contributed by atoms with Crippen LogP contribution in [-0.2, 0) is 6.42 Å². The van der Waals surface area contributed by atoms with Gasteiger partial charge in [-0.1, -0.05) is 13.3 Å². The Bertz CT molecular complexity index is 1120. The van der Waals surface area contributed by atoms with E-state index in [4.69, 9.17) is 14.2 Å². The first-order valence-electron chi connectivity index (χ1n) is 13.2. The van der Waals surface area contributed by atoms with Gasteiger partial charge in [-0.25, -0.2) is 0 Å². The Morgan fingerprint density at radius 1 is 1.11 bits per heavy atom. The lowest BCUT2D eigenvalue weighted by molar-refractivity contribution is 0.0639. The topological polar surface area (TPSA) is 51.0 Å². The first-order chi connectivity index (χ1) is 17.0. The van der Waals surface area contributed by atoms with Crippen LogP contribution in [0.15, 0.2) is 36.4 Å². The van der Waals surface area contributed by atoms with Crippen molar-refractivity contribution in [2.45, 2.75) is 69.6 Å². The van der Waals surface area contributed by atoms with Crippen molar-refractivity contribution in [3.05, 3.63) is 47.5 Å². The zero-order valence-corrected chi connectivity index (χ0v) is 21.1. The minimum atomic E-state index is 0.0208. The molecule has 2 aromatic carbocycles. The summed E-state index contributed by atoms with van der Waals surface area (Å²) in [6, 6.07) is 12.4. The number of likely N-dealkylation sites (N-methyl/N-ethyl adjacent to an activating group) is 1. The Morgan fingerprint density at radius 3 is 2.74 bits per heavy atom. The highest BCUT2D eigenvalue weighted by Gasteiger charge is 2.71. The molecule has 6 rings (SSSR count). The van der Waals surface area contributed by atoms with Crippen molar-refractivity contribution in [1.29, 1.82) is 0 Å². The van der Waals surface area contributed by atoms with Gasteiger partial charge in [0.15, 0.2) is 11.5 Å². The summed E-state index contributed by atoms with van der Waals surface area (Å²) in [6.45, 7) is 3.49. The van der Waals surface area contributed by atoms with E-state index in [1.807, 2.05) is 41.3 Å². The molecule has 3 fully saturated rings. The lowest BCUT2D eigenvalue weighted by Gasteiger charge is -2.43. The van der Waals surface area contributed by atoms with Gasteiger partial charge in [-0.15, -0.1) is 0 Å². The predicted octanol–water partition coefficient (Wildman–Crippen LogP) is 5.08. The van der Waals surface area contributed by atoms with E-state index in [9.17, 15) is 4.79 Å². The molecule has 186 valence electrons. The Kier molecular flexibility index (Phi) is 5.67. The van der Waals surface area contributed by atoms with E-state index < -0.39 is 0 Å². The van der Waals surface area contributed by atoms with Crippen molar-refractivity contribution < 1.29 is 19.0 Å². The number of fused-ring (bicyclic) bond motifs is 1. The number of likely N-dealkylation sites (tertiary alicyclic amines) is 1. The van der Waals surface area contributed by atoms with Gasteiger partial charge in [0.2, 0.25) is 0 Å². The number of amides is 1. The molecular formula is C29H36N2O4. The maximum absolute atomic E-state index is 13.3. The number of methoxy groups -OCH3 is 1. The van der Waals surface area contributed by atoms with Gasteiger partial charge in [-0.3, -0.25) is 9.69 Å². The second-order valence-corrected chi connectivity index (χ2v) is 10.6. The van der Waals surface area contributed by atoms with Crippen molar-refractivity contribution in [1.82, 2.24) is 4.90 Å². The highest BCUT2D eigenvalue weighted by Crippen LogP contribution is 2.64. The summed E-state index contributed by atoms with van der Waals surface area (Å²) in [4.78, 5) is 17.7. The van der Waals surface area contributed by atoms with Crippen molar-refractivity contribution in [3.63, 3.8) is 0 Å². The van der Waals surface area contributed by atoms with Crippen LogP contribution in [0.3, 0.4) is 0 Å². The summed E-state index contributed by atoms with van der Waals surface area (Å²) >= 11 is 0. The summed E-state index contributed by atoms with van der Waals surface area (Å²) in [6.07, 6.45) is 8.04. The van der Waals surface area contributed by atoms with E-state index in [0.717, 1.165) is 66.3 Å². The predicted molar refractivity (Wildman–Crippen MR) is 136 cm³/mol. The van der Waals surface area contributed by atoms with Crippen LogP contribution in [0.4, 0.5) is 5.69 Å². The average molecular weight is 477 g/mol. The lowest BCUT2D eigenvalue weighted by atomic mass is 9.64. The molecule has 0 bridgehead atoms. The van der Waals surface area contributed by atoms with Gasteiger partial charge in [0.1, 0.15) is 11.9 Å². The summed E-state index contributed by atoms with van der Waals surface area (Å²) in [7, 11) is 3.94. The van der Waals surface area contributed by atoms with E-state index in [-0.39, 0.29) is 12.0 Å². The maximum atomic E-state index is 13.3. The third-order valence-electron chi connectivity index (χ3n) is 8.94. The third-order valence-corrected chi connectivity index (χ3v) is 8.94. The third kappa shape index (κ3) is 3.68. The standard InChI is InChI=1S/C29H36N2O4/c1-4-5-14-34-22-7-8-24-19(15-22)11-13-31(28(24)32)21-6-9-25(26(17-21)33-3)35-23-16-20-10-12-29(20)27(18-23)30(29)2/h6-9,15,17,20,23,27H,4-5,10-14,16,18H2,1-3H3/t20-,23+,27-,29?,30?/m1/s1. The molecule has 5 atom stereocenters. The van der Waals surface area contributed by atoms with Crippen molar-refractivity contribution >= 4 is 11.6 Å². The van der Waals surface area contributed by atoms with Gasteiger partial charge >= 0.3 is 0 Å². The van der Waals surface area contributed by atoms with Gasteiger partial charge in [0.25, 0.3) is 5.91 Å². The molecule has 2 aliphatic heterocycles. The molecule has 1 amide bonds. The number of unbranched alkanes of at least 4 members (excludes halogenated alkanes) is 1. The van der Waals surface area contributed by atoms with E-state index in [2.05, 4.69) is 18.9 Å². The summed E-state index contributed by atoms with van der Waals surface area (Å²) < 4.78 is 18.0. The fraction of sp³-hybridized carbons (Fsp3) is 0.552. The zero-order chi connectivity index (χ0) is 24.2. The second-order valence-electron chi connectivity index (χ2n) is 10.6. The molecule has 2 heterocycles. The molecule has 2 saturated carbocycles. The van der Waals surface area contributed by atoms with E-state index in [0.29, 0.717) is 30.5 Å². The molecule has 1 spiro atoms. The summed E-state index contributed by atoms with van der Waals surface area (Å²) in [5.41, 5.74) is 3.15. The lowest BCUT2D eigenvalue weighted by Crippen LogP contribution is -2.46. The molecular weight excluding hydrogens is 440 g/mol. The summed E-state index contributed by atoms with van der Waals surface area (Å²) in [5.74, 6) is 3.10. The molecule has 35 heavy (non-hydrogen) atoms. The van der Waals surface area contributed by atoms with Crippen LogP contribution >= 0.6 is 0 Å². The molecule has 2 aromatic rings. The van der Waals surface area contributed by atoms with Gasteiger partial charge < -0.3 is 19.1 Å². The SMILES string of the molecule is CCCCOc1ccc2c(c1)CCN(c1ccc(O[C@H]3C[C@H]4CCC45[C@@H](C3)N5C)c(OC)c1)C2=O. The van der Waals surface area contributed by atoms with Crippen LogP contribution in [-0.4, -0.2) is 55.8 Å². The van der Waals surface area contributed by atoms with Crippen LogP contribution in [0.25, 0.3) is 0 Å². The van der Waals surface area contributed by atoms with E-state index in [1.165, 1.54) is 12.8 Å². The molecule has 1 saturated heterocycles. The average Bonchev–Trinajstić information content (AvgIpc) is 3.48. The number of hydrogen-bond acceptors (Lipinski definition) is 5. The molecule has 2 aliphatic carbocycles. The van der Waals surface area contributed by atoms with E-state index in [1.54, 1.807) is 7.11 Å². The number of carbonyl (C=O) groups is 1. The summed E-state index contributed by atoms with van der Waals surface area (Å²) in [5, 5.41) is 0. The second kappa shape index (κ2) is 8.74. The molecule has 0 radical (unpaired) electrons. The van der Waals surface area contributed by atoms with Gasteiger partial charge in [-0.2, -0.15) is 0 Å². The van der Waals surface area contributed by atoms with Gasteiger partial charge in [-0.05, 0) is 81.0 Å². The number of rotatable bonds is 8. The van der Waals surface area contributed by atoms with E-state index >= 15 is 0 Å². The highest BCUT2D eigenvalue weighted by atomic mass is 16.5. The first-order valence-corrected chi connectivity index (χ1v) is 13.2. The maximum Gasteiger partial charge on any atom is 0.258 e. The van der Waals surface area contributed by atoms with Crippen LogP contribution in [0.5, 0.6) is 17.2 Å². The molecule has 4 aliphatic rings. The Morgan fingerprint density at radius 2 is 2.00 bits per heavy atom. The van der Waals surface area contributed by atoms with Crippen molar-refractivity contribution in [3.8, 4) is 17.2 Å². The quantitative estimate of drug-likeness (QED) is 0.393. The smallest absolute Gasteiger partial charge is 0.258 e. The number of anilines is 1. The largest absolute Gasteiger partial charge is 0.494 e. The van der Waals surface area contributed by atoms with Crippen molar-refractivity contribution in [2.75, 3.05) is 32.2 Å². The Labute approximate surface area is 208 Å². The molecule has 0 N–H and O–H groups in total. The number of nitrogens with zero attached hydrogens (tertiary/aromatic N) is 2. The van der Waals surface area contributed by atoms with Crippen molar-refractivity contribution in [2.24, 2.45) is 5.92 Å². The minimum Gasteiger partial charge on any atom is -0.494 e. The Balaban J connectivity index is 1.16. The highest BCUT2D eigenvalue weighted by molar-refractivity contribution is 6.08. The first kappa shape index (κ1) is 22.7.